The van der Waals surface area contributed by atoms with Crippen molar-refractivity contribution in [2.24, 2.45) is 5.73 Å². The van der Waals surface area contributed by atoms with Crippen molar-refractivity contribution in [3.8, 4) is 11.1 Å². The van der Waals surface area contributed by atoms with Crippen LogP contribution in [-0.2, 0) is 26.0 Å². The zero-order valence-electron chi connectivity index (χ0n) is 14.9. The van der Waals surface area contributed by atoms with Gasteiger partial charge in [0.05, 0.1) is 18.0 Å². The maximum atomic E-state index is 11.8. The van der Waals surface area contributed by atoms with Crippen LogP contribution in [0.25, 0.3) is 11.1 Å². The molecule has 1 fully saturated rings. The SMILES string of the molecule is CS(=O)(=O)c1cccc(-c2cccc(CN3OC(CO)C[C@H]3C(N)=O)c2)c1. The van der Waals surface area contributed by atoms with Crippen molar-refractivity contribution in [1.29, 1.82) is 0 Å². The molecule has 1 saturated heterocycles. The molecule has 0 spiro atoms. The zero-order chi connectivity index (χ0) is 19.6. The molecule has 0 saturated carbocycles. The average molecular weight is 390 g/mol. The van der Waals surface area contributed by atoms with Crippen LogP contribution in [0.3, 0.4) is 0 Å². The van der Waals surface area contributed by atoms with Gasteiger partial charge in [0.1, 0.15) is 12.1 Å². The van der Waals surface area contributed by atoms with Crippen LogP contribution in [0.5, 0.6) is 0 Å². The summed E-state index contributed by atoms with van der Waals surface area (Å²) in [4.78, 5) is 17.5. The molecule has 1 heterocycles. The molecular weight excluding hydrogens is 368 g/mol. The van der Waals surface area contributed by atoms with Crippen molar-refractivity contribution in [3.05, 3.63) is 54.1 Å². The Labute approximate surface area is 158 Å². The fraction of sp³-hybridized carbons (Fsp3) is 0.316. The first kappa shape index (κ1) is 19.5. The molecule has 1 unspecified atom stereocenters. The van der Waals surface area contributed by atoms with Crippen LogP contribution in [0.4, 0.5) is 0 Å². The molecule has 0 bridgehead atoms. The van der Waals surface area contributed by atoms with Crippen LogP contribution in [-0.4, -0.2) is 49.5 Å². The van der Waals surface area contributed by atoms with Crippen LogP contribution in [0, 0.1) is 0 Å². The molecule has 2 atom stereocenters. The van der Waals surface area contributed by atoms with Gasteiger partial charge in [0.15, 0.2) is 9.84 Å². The van der Waals surface area contributed by atoms with Crippen molar-refractivity contribution >= 4 is 15.7 Å². The number of rotatable bonds is 6. The first-order chi connectivity index (χ1) is 12.8. The van der Waals surface area contributed by atoms with Gasteiger partial charge in [-0.15, -0.1) is 0 Å². The minimum absolute atomic E-state index is 0.182. The molecule has 8 heteroatoms. The Kier molecular flexibility index (Phi) is 5.61. The number of benzene rings is 2. The highest BCUT2D eigenvalue weighted by atomic mass is 32.2. The third-order valence-electron chi connectivity index (χ3n) is 4.51. The van der Waals surface area contributed by atoms with Gasteiger partial charge in [0.2, 0.25) is 5.91 Å². The molecule has 144 valence electrons. The Bertz CT molecular complexity index is 945. The van der Waals surface area contributed by atoms with Gasteiger partial charge < -0.3 is 10.8 Å². The monoisotopic (exact) mass is 390 g/mol. The fourth-order valence-electron chi connectivity index (χ4n) is 3.12. The lowest BCUT2D eigenvalue weighted by molar-refractivity contribution is -0.180. The lowest BCUT2D eigenvalue weighted by atomic mass is 10.0. The van der Waals surface area contributed by atoms with E-state index in [0.717, 1.165) is 16.7 Å². The van der Waals surface area contributed by atoms with E-state index in [1.54, 1.807) is 18.2 Å². The number of sulfone groups is 1. The summed E-state index contributed by atoms with van der Waals surface area (Å²) in [5, 5.41) is 10.8. The van der Waals surface area contributed by atoms with Crippen LogP contribution < -0.4 is 5.73 Å². The van der Waals surface area contributed by atoms with Gasteiger partial charge in [-0.2, -0.15) is 5.06 Å². The second kappa shape index (κ2) is 7.77. The quantitative estimate of drug-likeness (QED) is 0.765. The second-order valence-electron chi connectivity index (χ2n) is 6.64. The molecule has 3 rings (SSSR count). The number of nitrogens with zero attached hydrogens (tertiary/aromatic N) is 1. The van der Waals surface area contributed by atoms with Gasteiger partial charge in [-0.05, 0) is 34.9 Å². The molecular formula is C19H22N2O5S. The van der Waals surface area contributed by atoms with Crippen molar-refractivity contribution in [1.82, 2.24) is 5.06 Å². The van der Waals surface area contributed by atoms with E-state index >= 15 is 0 Å². The lowest BCUT2D eigenvalue weighted by Crippen LogP contribution is -2.39. The van der Waals surface area contributed by atoms with E-state index in [-0.39, 0.29) is 11.5 Å². The summed E-state index contributed by atoms with van der Waals surface area (Å²) in [5.74, 6) is -0.497. The first-order valence-corrected chi connectivity index (χ1v) is 10.4. The Morgan fingerprint density at radius 3 is 2.52 bits per heavy atom. The number of nitrogens with two attached hydrogens (primary N) is 1. The topological polar surface area (TPSA) is 110 Å². The van der Waals surface area contributed by atoms with Crippen LogP contribution >= 0.6 is 0 Å². The number of amides is 1. The predicted molar refractivity (Wildman–Crippen MR) is 100 cm³/mol. The third kappa shape index (κ3) is 4.54. The van der Waals surface area contributed by atoms with Crippen molar-refractivity contribution in [2.75, 3.05) is 12.9 Å². The molecule has 0 aliphatic carbocycles. The van der Waals surface area contributed by atoms with Crippen molar-refractivity contribution in [2.45, 2.75) is 30.0 Å². The fourth-order valence-corrected chi connectivity index (χ4v) is 3.79. The summed E-state index contributed by atoms with van der Waals surface area (Å²) in [5.41, 5.74) is 7.95. The van der Waals surface area contributed by atoms with E-state index in [1.807, 2.05) is 30.3 Å². The normalized spacial score (nSPS) is 20.7. The van der Waals surface area contributed by atoms with Gasteiger partial charge in [-0.1, -0.05) is 30.3 Å². The van der Waals surface area contributed by atoms with Crippen LogP contribution in [0.2, 0.25) is 0 Å². The summed E-state index contributed by atoms with van der Waals surface area (Å²) in [7, 11) is -3.29. The minimum Gasteiger partial charge on any atom is -0.394 e. The molecule has 27 heavy (non-hydrogen) atoms. The van der Waals surface area contributed by atoms with E-state index in [9.17, 15) is 18.3 Å². The molecule has 0 aromatic heterocycles. The smallest absolute Gasteiger partial charge is 0.237 e. The number of carbonyl (C=O) groups is 1. The van der Waals surface area contributed by atoms with Gasteiger partial charge in [0.25, 0.3) is 0 Å². The second-order valence-corrected chi connectivity index (χ2v) is 8.66. The Hall–Kier alpha value is -2.26. The van der Waals surface area contributed by atoms with Crippen LogP contribution in [0.1, 0.15) is 12.0 Å². The predicted octanol–water partition coefficient (Wildman–Crippen LogP) is 1.11. The molecule has 2 aromatic rings. The van der Waals surface area contributed by atoms with Gasteiger partial charge >= 0.3 is 0 Å². The Morgan fingerprint density at radius 2 is 1.89 bits per heavy atom. The largest absolute Gasteiger partial charge is 0.394 e. The Morgan fingerprint density at radius 1 is 1.22 bits per heavy atom. The lowest BCUT2D eigenvalue weighted by Gasteiger charge is -2.20. The van der Waals surface area contributed by atoms with Gasteiger partial charge in [0, 0.05) is 12.7 Å². The molecule has 0 radical (unpaired) electrons. The summed E-state index contributed by atoms with van der Waals surface area (Å²) in [6.45, 7) is 0.141. The van der Waals surface area contributed by atoms with Crippen LogP contribution in [0.15, 0.2) is 53.4 Å². The molecule has 1 amide bonds. The molecule has 1 aliphatic heterocycles. The average Bonchev–Trinajstić information content (AvgIpc) is 3.04. The molecule has 3 N–H and O–H groups in total. The molecule has 2 aromatic carbocycles. The highest BCUT2D eigenvalue weighted by Gasteiger charge is 2.36. The number of hydrogen-bond acceptors (Lipinski definition) is 6. The summed E-state index contributed by atoms with van der Waals surface area (Å²) in [6.07, 6.45) is 1.08. The highest BCUT2D eigenvalue weighted by molar-refractivity contribution is 7.90. The van der Waals surface area contributed by atoms with Gasteiger partial charge in [-0.3, -0.25) is 9.63 Å². The zero-order valence-corrected chi connectivity index (χ0v) is 15.7. The minimum atomic E-state index is -3.29. The van der Waals surface area contributed by atoms with E-state index in [2.05, 4.69) is 0 Å². The van der Waals surface area contributed by atoms with E-state index in [4.69, 9.17) is 10.6 Å². The number of aliphatic hydroxyl groups excluding tert-OH is 1. The standard InChI is InChI=1S/C19H22N2O5S/c1-27(24,25)17-7-3-6-15(9-17)14-5-2-4-13(8-14)11-21-18(19(20)23)10-16(12-22)26-21/h2-9,16,18,22H,10-12H2,1H3,(H2,20,23)/t16?,18-/m0/s1. The number of carbonyl (C=O) groups excluding carboxylic acids is 1. The summed E-state index contributed by atoms with van der Waals surface area (Å²) < 4.78 is 23.6. The highest BCUT2D eigenvalue weighted by Crippen LogP contribution is 2.27. The van der Waals surface area contributed by atoms with E-state index in [1.165, 1.54) is 11.3 Å². The Balaban J connectivity index is 1.85. The molecule has 7 nitrogen and oxygen atoms in total. The summed E-state index contributed by atoms with van der Waals surface area (Å²) >= 11 is 0. The molecule has 1 aliphatic rings. The third-order valence-corrected chi connectivity index (χ3v) is 5.62. The summed E-state index contributed by atoms with van der Waals surface area (Å²) in [6, 6.07) is 13.7. The van der Waals surface area contributed by atoms with E-state index in [0.29, 0.717) is 13.0 Å². The van der Waals surface area contributed by atoms with E-state index < -0.39 is 27.9 Å². The van der Waals surface area contributed by atoms with Gasteiger partial charge in [-0.25, -0.2) is 8.42 Å². The number of aliphatic hydroxyl groups is 1. The van der Waals surface area contributed by atoms with Crippen molar-refractivity contribution < 1.29 is 23.2 Å². The number of hydrogen-bond donors (Lipinski definition) is 2. The van der Waals surface area contributed by atoms with Crippen molar-refractivity contribution in [3.63, 3.8) is 0 Å². The number of primary amides is 1. The number of hydroxylamine groups is 2. The first-order valence-electron chi connectivity index (χ1n) is 8.51. The maximum absolute atomic E-state index is 11.8. The maximum Gasteiger partial charge on any atom is 0.237 e.